The van der Waals surface area contributed by atoms with Gasteiger partial charge in [0.15, 0.2) is 0 Å². The molecule has 2 aromatic rings. The van der Waals surface area contributed by atoms with Gasteiger partial charge in [-0.2, -0.15) is 0 Å². The average Bonchev–Trinajstić information content (AvgIpc) is 2.43. The molecule has 0 aliphatic carbocycles. The third-order valence-corrected chi connectivity index (χ3v) is 7.48. The molecule has 0 amide bonds. The maximum absolute atomic E-state index is 6.13. The summed E-state index contributed by atoms with van der Waals surface area (Å²) in [5, 5.41) is 2.32. The number of benzene rings is 2. The summed E-state index contributed by atoms with van der Waals surface area (Å²) in [6, 6.07) is 6.96. The molecule has 0 heterocycles. The second-order valence-corrected chi connectivity index (χ2v) is 8.05. The van der Waals surface area contributed by atoms with Crippen LogP contribution in [0.2, 0.25) is 30.1 Å². The van der Waals surface area contributed by atoms with E-state index in [1.807, 2.05) is 0 Å². The predicted octanol–water partition coefficient (Wildman–Crippen LogP) is 8.41. The predicted molar refractivity (Wildman–Crippen MR) is 94.7 cm³/mol. The van der Waals surface area contributed by atoms with Gasteiger partial charge in [-0.3, -0.25) is 0 Å². The Morgan fingerprint density at radius 1 is 0.500 bits per heavy atom. The molecule has 2 rings (SSSR count). The van der Waals surface area contributed by atoms with Crippen molar-refractivity contribution in [3.8, 4) is 0 Å². The molecule has 0 aliphatic rings. The lowest BCUT2D eigenvalue weighted by molar-refractivity contribution is 1.46. The number of rotatable bonds is 3. The Morgan fingerprint density at radius 2 is 0.850 bits per heavy atom. The molecule has 0 atom stereocenters. The van der Waals surface area contributed by atoms with E-state index in [2.05, 4.69) is 0 Å². The fourth-order valence-corrected chi connectivity index (χ4v) is 5.07. The molecule has 0 bridgehead atoms. The molecule has 0 aliphatic heterocycles. The smallest absolute Gasteiger partial charge is 0.0790 e. The van der Waals surface area contributed by atoms with Crippen LogP contribution < -0.4 is 0 Å². The maximum Gasteiger partial charge on any atom is 0.0790 e. The summed E-state index contributed by atoms with van der Waals surface area (Å²) in [6.45, 7) is 0. The van der Waals surface area contributed by atoms with Crippen LogP contribution in [0.4, 0.5) is 0 Å². The summed E-state index contributed by atoms with van der Waals surface area (Å²) in [7, 11) is 2.81. The molecule has 0 radical (unpaired) electrons. The van der Waals surface area contributed by atoms with Crippen LogP contribution in [0.3, 0.4) is 0 Å². The monoisotopic (exact) mass is 422 g/mol. The van der Waals surface area contributed by atoms with Crippen LogP contribution in [0.25, 0.3) is 0 Å². The molecular weight excluding hydrogens is 421 g/mol. The molecule has 20 heavy (non-hydrogen) atoms. The molecule has 0 nitrogen and oxygen atoms in total. The van der Waals surface area contributed by atoms with Crippen LogP contribution in [0.1, 0.15) is 0 Å². The highest BCUT2D eigenvalue weighted by atomic mass is 35.5. The SMILES string of the molecule is Clc1ccc(SSc2ccc(Cl)c(Cl)c2Cl)c(Cl)c1Cl. The summed E-state index contributed by atoms with van der Waals surface area (Å²) >= 11 is 36.0. The molecule has 8 heteroatoms. The Balaban J connectivity index is 2.22. The van der Waals surface area contributed by atoms with Crippen molar-refractivity contribution in [2.75, 3.05) is 0 Å². The van der Waals surface area contributed by atoms with Gasteiger partial charge in [-0.05, 0) is 24.3 Å². The second kappa shape index (κ2) is 7.43. The van der Waals surface area contributed by atoms with Crippen molar-refractivity contribution in [2.24, 2.45) is 0 Å². The van der Waals surface area contributed by atoms with Gasteiger partial charge < -0.3 is 0 Å². The van der Waals surface area contributed by atoms with Crippen molar-refractivity contribution in [1.29, 1.82) is 0 Å². The Hall–Kier alpha value is 0.880. The zero-order chi connectivity index (χ0) is 14.9. The van der Waals surface area contributed by atoms with Gasteiger partial charge in [0.2, 0.25) is 0 Å². The third kappa shape index (κ3) is 3.80. The van der Waals surface area contributed by atoms with Gasteiger partial charge >= 0.3 is 0 Å². The molecule has 0 fully saturated rings. The van der Waals surface area contributed by atoms with Crippen LogP contribution in [-0.2, 0) is 0 Å². The summed E-state index contributed by atoms with van der Waals surface area (Å²) in [5.41, 5.74) is 0. The van der Waals surface area contributed by atoms with Crippen LogP contribution in [-0.4, -0.2) is 0 Å². The Morgan fingerprint density at radius 3 is 1.20 bits per heavy atom. The van der Waals surface area contributed by atoms with Crippen molar-refractivity contribution in [3.05, 3.63) is 54.4 Å². The molecule has 106 valence electrons. The molecule has 0 aromatic heterocycles. The summed E-state index contributed by atoms with van der Waals surface area (Å²) in [6.07, 6.45) is 0. The van der Waals surface area contributed by atoms with E-state index < -0.39 is 0 Å². The zero-order valence-corrected chi connectivity index (χ0v) is 15.6. The fourth-order valence-electron chi connectivity index (χ4n) is 1.23. The average molecular weight is 425 g/mol. The van der Waals surface area contributed by atoms with Crippen LogP contribution in [0.15, 0.2) is 34.1 Å². The number of hydrogen-bond donors (Lipinski definition) is 0. The van der Waals surface area contributed by atoms with E-state index in [0.29, 0.717) is 30.1 Å². The summed E-state index contributed by atoms with van der Waals surface area (Å²) in [4.78, 5) is 1.57. The zero-order valence-electron chi connectivity index (χ0n) is 9.39. The minimum absolute atomic E-state index is 0.333. The van der Waals surface area contributed by atoms with Crippen molar-refractivity contribution in [2.45, 2.75) is 9.79 Å². The van der Waals surface area contributed by atoms with Gasteiger partial charge in [0, 0.05) is 9.79 Å². The van der Waals surface area contributed by atoms with Crippen LogP contribution >= 0.6 is 91.2 Å². The van der Waals surface area contributed by atoms with E-state index in [9.17, 15) is 0 Å². The minimum atomic E-state index is 0.333. The third-order valence-electron chi connectivity index (χ3n) is 2.22. The topological polar surface area (TPSA) is 0 Å². The van der Waals surface area contributed by atoms with E-state index >= 15 is 0 Å². The van der Waals surface area contributed by atoms with Crippen molar-refractivity contribution < 1.29 is 0 Å². The van der Waals surface area contributed by atoms with Gasteiger partial charge in [0.25, 0.3) is 0 Å². The summed E-state index contributed by atoms with van der Waals surface area (Å²) < 4.78 is 0. The number of halogens is 6. The lowest BCUT2D eigenvalue weighted by Crippen LogP contribution is -1.78. The fraction of sp³-hybridized carbons (Fsp3) is 0. The molecular formula is C12H4Cl6S2. The van der Waals surface area contributed by atoms with Gasteiger partial charge in [-0.15, -0.1) is 0 Å². The number of hydrogen-bond acceptors (Lipinski definition) is 2. The molecule has 0 N–H and O–H groups in total. The first-order valence-electron chi connectivity index (χ1n) is 5.03. The largest absolute Gasteiger partial charge is 0.0827 e. The van der Waals surface area contributed by atoms with E-state index in [1.165, 1.54) is 21.6 Å². The quantitative estimate of drug-likeness (QED) is 0.358. The normalized spacial score (nSPS) is 10.9. The summed E-state index contributed by atoms with van der Waals surface area (Å²) in [5.74, 6) is 0. The van der Waals surface area contributed by atoms with Gasteiger partial charge in [0.05, 0.1) is 30.1 Å². The van der Waals surface area contributed by atoms with Gasteiger partial charge in [-0.25, -0.2) is 0 Å². The lowest BCUT2D eigenvalue weighted by Gasteiger charge is -2.08. The van der Waals surface area contributed by atoms with Crippen molar-refractivity contribution in [3.63, 3.8) is 0 Å². The first-order valence-corrected chi connectivity index (χ1v) is 9.45. The first-order chi connectivity index (χ1) is 9.41. The highest BCUT2D eigenvalue weighted by Crippen LogP contribution is 2.48. The maximum atomic E-state index is 6.13. The lowest BCUT2D eigenvalue weighted by atomic mass is 10.4. The Labute approximate surface area is 154 Å². The van der Waals surface area contributed by atoms with E-state index in [1.54, 1.807) is 24.3 Å². The first kappa shape index (κ1) is 17.2. The van der Waals surface area contributed by atoms with E-state index in [4.69, 9.17) is 69.6 Å². The molecule has 0 saturated carbocycles. The standard InChI is InChI=1S/C12H4Cl6S2/c13-5-1-3-7(11(17)9(5)15)19-20-8-4-2-6(14)10(16)12(8)18/h1-4H. The highest BCUT2D eigenvalue weighted by molar-refractivity contribution is 8.76. The molecule has 2 aromatic carbocycles. The molecule has 0 spiro atoms. The molecule has 0 saturated heterocycles. The van der Waals surface area contributed by atoms with Crippen LogP contribution in [0, 0.1) is 0 Å². The van der Waals surface area contributed by atoms with Gasteiger partial charge in [-0.1, -0.05) is 91.2 Å². The van der Waals surface area contributed by atoms with E-state index in [-0.39, 0.29) is 0 Å². The minimum Gasteiger partial charge on any atom is -0.0827 e. The van der Waals surface area contributed by atoms with Crippen molar-refractivity contribution >= 4 is 91.2 Å². The van der Waals surface area contributed by atoms with Gasteiger partial charge in [0.1, 0.15) is 0 Å². The van der Waals surface area contributed by atoms with E-state index in [0.717, 1.165) is 9.79 Å². The molecule has 0 unspecified atom stereocenters. The Kier molecular flexibility index (Phi) is 6.40. The van der Waals surface area contributed by atoms with Crippen LogP contribution in [0.5, 0.6) is 0 Å². The van der Waals surface area contributed by atoms with Crippen molar-refractivity contribution in [1.82, 2.24) is 0 Å². The second-order valence-electron chi connectivity index (χ2n) is 3.51. The Bertz CT molecular complexity index is 601. The highest BCUT2D eigenvalue weighted by Gasteiger charge is 2.13.